The van der Waals surface area contributed by atoms with Crippen molar-refractivity contribution >= 4 is 11.3 Å². The SMILES string of the molecule is O=S([O-])N1CC(F)C1. The van der Waals surface area contributed by atoms with E-state index in [0.717, 1.165) is 4.31 Å². The Balaban J connectivity index is 2.25. The molecule has 1 heterocycles. The fourth-order valence-corrected chi connectivity index (χ4v) is 1.08. The van der Waals surface area contributed by atoms with Crippen molar-refractivity contribution in [2.24, 2.45) is 0 Å². The zero-order valence-electron chi connectivity index (χ0n) is 4.04. The van der Waals surface area contributed by atoms with E-state index in [-0.39, 0.29) is 13.1 Å². The highest BCUT2D eigenvalue weighted by Gasteiger charge is 2.26. The third-order valence-corrected chi connectivity index (χ3v) is 1.73. The van der Waals surface area contributed by atoms with E-state index in [1.165, 1.54) is 0 Å². The predicted molar refractivity (Wildman–Crippen MR) is 25.4 cm³/mol. The summed E-state index contributed by atoms with van der Waals surface area (Å²) in [6.07, 6.45) is -0.937. The maximum atomic E-state index is 11.8. The standard InChI is InChI=1S/C3H6FNO2S/c4-3-1-5(2-3)8(6)7/h3H,1-2H2,(H,6,7)/p-1. The van der Waals surface area contributed by atoms with Crippen LogP contribution in [-0.2, 0) is 11.3 Å². The average Bonchev–Trinajstić information content (AvgIpc) is 1.57. The normalized spacial score (nSPS) is 27.2. The summed E-state index contributed by atoms with van der Waals surface area (Å²) in [6, 6.07) is 0. The molecule has 1 aliphatic heterocycles. The third kappa shape index (κ3) is 1.04. The summed E-state index contributed by atoms with van der Waals surface area (Å²) in [5.41, 5.74) is 0. The van der Waals surface area contributed by atoms with Crippen LogP contribution in [0.2, 0.25) is 0 Å². The molecule has 0 aromatic heterocycles. The smallest absolute Gasteiger partial charge is 0.127 e. The van der Waals surface area contributed by atoms with Gasteiger partial charge in [0.2, 0.25) is 0 Å². The van der Waals surface area contributed by atoms with Crippen LogP contribution in [0.4, 0.5) is 4.39 Å². The topological polar surface area (TPSA) is 43.4 Å². The molecule has 1 fully saturated rings. The van der Waals surface area contributed by atoms with Crippen molar-refractivity contribution in [1.29, 1.82) is 0 Å². The van der Waals surface area contributed by atoms with E-state index in [9.17, 15) is 13.2 Å². The van der Waals surface area contributed by atoms with Crippen LogP contribution in [0.1, 0.15) is 0 Å². The van der Waals surface area contributed by atoms with Crippen LogP contribution in [0.15, 0.2) is 0 Å². The van der Waals surface area contributed by atoms with Gasteiger partial charge in [0.1, 0.15) is 6.17 Å². The first-order valence-corrected chi connectivity index (χ1v) is 3.21. The van der Waals surface area contributed by atoms with Gasteiger partial charge in [-0.2, -0.15) is 0 Å². The lowest BCUT2D eigenvalue weighted by Crippen LogP contribution is -2.48. The monoisotopic (exact) mass is 138 g/mol. The Hall–Kier alpha value is -0.0000000000000000555. The highest BCUT2D eigenvalue weighted by molar-refractivity contribution is 7.76. The average molecular weight is 138 g/mol. The van der Waals surface area contributed by atoms with E-state index in [2.05, 4.69) is 0 Å². The van der Waals surface area contributed by atoms with Crippen LogP contribution in [0.25, 0.3) is 0 Å². The molecule has 0 radical (unpaired) electrons. The first-order valence-electron chi connectivity index (χ1n) is 2.18. The van der Waals surface area contributed by atoms with Gasteiger partial charge in [0.15, 0.2) is 0 Å². The van der Waals surface area contributed by atoms with Crippen LogP contribution in [0.5, 0.6) is 0 Å². The van der Waals surface area contributed by atoms with Gasteiger partial charge in [-0.1, -0.05) is 0 Å². The van der Waals surface area contributed by atoms with Gasteiger partial charge in [0, 0.05) is 24.4 Å². The molecule has 0 spiro atoms. The van der Waals surface area contributed by atoms with Gasteiger partial charge >= 0.3 is 0 Å². The van der Waals surface area contributed by atoms with Gasteiger partial charge in [0.25, 0.3) is 0 Å². The van der Waals surface area contributed by atoms with E-state index in [1.807, 2.05) is 0 Å². The van der Waals surface area contributed by atoms with Crippen molar-refractivity contribution in [3.63, 3.8) is 0 Å². The summed E-state index contributed by atoms with van der Waals surface area (Å²) in [4.78, 5) is 0. The Morgan fingerprint density at radius 1 is 1.75 bits per heavy atom. The van der Waals surface area contributed by atoms with Crippen molar-refractivity contribution in [2.45, 2.75) is 6.17 Å². The van der Waals surface area contributed by atoms with Gasteiger partial charge in [-0.3, -0.25) is 4.21 Å². The van der Waals surface area contributed by atoms with Gasteiger partial charge in [-0.25, -0.2) is 8.70 Å². The molecule has 3 nitrogen and oxygen atoms in total. The quantitative estimate of drug-likeness (QED) is 0.455. The molecule has 0 bridgehead atoms. The predicted octanol–water partition coefficient (Wildman–Crippen LogP) is -0.566. The zero-order valence-corrected chi connectivity index (χ0v) is 4.86. The summed E-state index contributed by atoms with van der Waals surface area (Å²) in [6.45, 7) is 0.0756. The van der Waals surface area contributed by atoms with Gasteiger partial charge in [-0.05, 0) is 0 Å². The van der Waals surface area contributed by atoms with E-state index in [4.69, 9.17) is 0 Å². The molecular formula is C3H5FNO2S-. The van der Waals surface area contributed by atoms with Crippen LogP contribution >= 0.6 is 0 Å². The second kappa shape index (κ2) is 2.08. The molecular weight excluding hydrogens is 133 g/mol. The summed E-state index contributed by atoms with van der Waals surface area (Å²) in [7, 11) is 0. The zero-order chi connectivity index (χ0) is 6.15. The Labute approximate surface area is 48.9 Å². The number of rotatable bonds is 1. The summed E-state index contributed by atoms with van der Waals surface area (Å²) in [5.74, 6) is 0. The van der Waals surface area contributed by atoms with E-state index < -0.39 is 17.4 Å². The maximum Gasteiger partial charge on any atom is 0.127 e. The first kappa shape index (κ1) is 6.12. The van der Waals surface area contributed by atoms with Crippen LogP contribution in [0.3, 0.4) is 0 Å². The van der Waals surface area contributed by atoms with E-state index >= 15 is 0 Å². The van der Waals surface area contributed by atoms with Crippen molar-refractivity contribution in [2.75, 3.05) is 13.1 Å². The van der Waals surface area contributed by atoms with Crippen LogP contribution in [-0.4, -0.2) is 32.3 Å². The molecule has 48 valence electrons. The number of alkyl halides is 1. The molecule has 1 unspecified atom stereocenters. The minimum atomic E-state index is -2.20. The minimum Gasteiger partial charge on any atom is -0.760 e. The Kier molecular flexibility index (Phi) is 1.59. The summed E-state index contributed by atoms with van der Waals surface area (Å²) < 4.78 is 32.6. The third-order valence-electron chi connectivity index (χ3n) is 1.01. The molecule has 1 rings (SSSR count). The molecule has 0 N–H and O–H groups in total. The highest BCUT2D eigenvalue weighted by atomic mass is 32.2. The summed E-state index contributed by atoms with van der Waals surface area (Å²) in [5, 5.41) is 0. The number of halogens is 1. The molecule has 1 atom stereocenters. The lowest BCUT2D eigenvalue weighted by Gasteiger charge is -2.34. The number of hydrogen-bond donors (Lipinski definition) is 0. The molecule has 5 heteroatoms. The Morgan fingerprint density at radius 3 is 2.38 bits per heavy atom. The molecule has 0 aromatic rings. The molecule has 0 aromatic carbocycles. The number of hydrogen-bond acceptors (Lipinski definition) is 2. The molecule has 0 saturated carbocycles. The Morgan fingerprint density at radius 2 is 2.25 bits per heavy atom. The lowest BCUT2D eigenvalue weighted by molar-refractivity contribution is 0.138. The second-order valence-electron chi connectivity index (χ2n) is 1.66. The van der Waals surface area contributed by atoms with Gasteiger partial charge in [0.05, 0.1) is 0 Å². The molecule has 1 saturated heterocycles. The highest BCUT2D eigenvalue weighted by Crippen LogP contribution is 2.11. The summed E-state index contributed by atoms with van der Waals surface area (Å²) >= 11 is -2.20. The van der Waals surface area contributed by atoms with Gasteiger partial charge in [-0.15, -0.1) is 0 Å². The molecule has 1 aliphatic rings. The van der Waals surface area contributed by atoms with Gasteiger partial charge < -0.3 is 4.55 Å². The molecule has 0 amide bonds. The minimum absolute atomic E-state index is 0.0378. The fourth-order valence-electron chi connectivity index (χ4n) is 0.510. The second-order valence-corrected chi connectivity index (χ2v) is 2.61. The Bertz CT molecular complexity index is 114. The maximum absolute atomic E-state index is 11.8. The van der Waals surface area contributed by atoms with Crippen LogP contribution in [0, 0.1) is 0 Å². The van der Waals surface area contributed by atoms with Crippen molar-refractivity contribution < 1.29 is 13.2 Å². The van der Waals surface area contributed by atoms with Crippen LogP contribution < -0.4 is 0 Å². The van der Waals surface area contributed by atoms with E-state index in [1.54, 1.807) is 0 Å². The molecule has 8 heavy (non-hydrogen) atoms. The molecule has 0 aliphatic carbocycles. The van der Waals surface area contributed by atoms with E-state index in [0.29, 0.717) is 0 Å². The lowest BCUT2D eigenvalue weighted by atomic mass is 10.3. The van der Waals surface area contributed by atoms with Crippen molar-refractivity contribution in [3.8, 4) is 0 Å². The number of nitrogens with zero attached hydrogens (tertiary/aromatic N) is 1. The largest absolute Gasteiger partial charge is 0.760 e. The first-order chi connectivity index (χ1) is 3.70. The fraction of sp³-hybridized carbons (Fsp3) is 1.00. The van der Waals surface area contributed by atoms with Crippen molar-refractivity contribution in [1.82, 2.24) is 4.31 Å². The van der Waals surface area contributed by atoms with Crippen molar-refractivity contribution in [3.05, 3.63) is 0 Å².